The fourth-order valence-corrected chi connectivity index (χ4v) is 13.6. The van der Waals surface area contributed by atoms with Crippen LogP contribution < -0.4 is 21.4 Å². The van der Waals surface area contributed by atoms with Crippen molar-refractivity contribution < 1.29 is 33.7 Å². The molecule has 328 valence electrons. The zero-order valence-corrected chi connectivity index (χ0v) is 37.4. The predicted molar refractivity (Wildman–Crippen MR) is 241 cm³/mol. The van der Waals surface area contributed by atoms with Crippen LogP contribution in [0.5, 0.6) is 5.75 Å². The van der Waals surface area contributed by atoms with Crippen molar-refractivity contribution in [1.82, 2.24) is 15.2 Å². The number of aliphatic hydroxyl groups excluding tert-OH is 2. The summed E-state index contributed by atoms with van der Waals surface area (Å²) in [6.07, 6.45) is 12.1. The molecule has 1 saturated carbocycles. The molecule has 2 aromatic heterocycles. The van der Waals surface area contributed by atoms with Crippen LogP contribution in [0, 0.1) is 11.8 Å². The monoisotopic (exact) mass is 872 g/mol. The number of carbonyl (C=O) groups excluding carboxylic acids is 2. The summed E-state index contributed by atoms with van der Waals surface area (Å²) in [5.74, 6) is 1.59. The number of nitrogens with one attached hydrogen (secondary N) is 1. The third kappa shape index (κ3) is 7.82. The van der Waals surface area contributed by atoms with Gasteiger partial charge < -0.3 is 40.1 Å². The molecule has 3 aromatic rings. The minimum atomic E-state index is -1.21. The number of nitrogens with zero attached hydrogens (tertiary/aromatic N) is 2. The van der Waals surface area contributed by atoms with Crippen LogP contribution in [0.3, 0.4) is 0 Å². The number of allylic oxidation sites excluding steroid dienone is 1. The molecule has 1 spiro atoms. The van der Waals surface area contributed by atoms with Crippen molar-refractivity contribution in [1.29, 1.82) is 0 Å². The second-order valence-corrected chi connectivity index (χ2v) is 20.6. The molecule has 8 rings (SSSR count). The Labute approximate surface area is 365 Å². The molecular weight excluding hydrogens is 813 g/mol. The standard InChI is InChI=1S/C47H60N4O8S2/c1-5-28(2)43(55)59-45(3)14-11-29-26-60-61-27-37-33(22-49-4)24-51(37)41(54)18-32-23-50-40(48)19-35(32)42(29)47(45)21-31-16-30-17-36(44(56)57-38(30)20-39(31)58-47)46(12-7-6-8-13-46)34(25-53)10-9-15-52/h5,11,16-17,19-20,23,33-34,37,42,49,52-53H,6-10,12-15,18,21-22,24-27H2,1-4H3,(H2,48,50)/b28-5+/t33-,34+,37-,42+,45-,47-/m1/s1. The number of pyridine rings is 1. The van der Waals surface area contributed by atoms with E-state index in [4.69, 9.17) is 19.6 Å². The molecule has 12 nitrogen and oxygen atoms in total. The van der Waals surface area contributed by atoms with Gasteiger partial charge in [0.1, 0.15) is 17.2 Å². The molecule has 14 heteroatoms. The van der Waals surface area contributed by atoms with E-state index in [0.29, 0.717) is 72.2 Å². The minimum Gasteiger partial charge on any atom is -0.481 e. The lowest BCUT2D eigenvalue weighted by atomic mass is 9.61. The number of rotatable bonds is 10. The Hall–Kier alpha value is -3.82. The van der Waals surface area contributed by atoms with E-state index in [-0.39, 0.29) is 37.5 Å². The SMILES string of the molecule is C/C=C(\C)C(=O)O[C@]1(C)CC=C2CSSC[C@@H]3[C@H](CNC)CN3C(=O)Cc3cnc(N)cc3[C@H]2[C@]12Cc1cc3cc(C4([C@H](CO)CCCO)CCCCC4)c(=O)oc3cc1O2. The predicted octanol–water partition coefficient (Wildman–Crippen LogP) is 6.39. The lowest BCUT2D eigenvalue weighted by molar-refractivity contribution is -0.183. The first-order valence-corrected chi connectivity index (χ1v) is 24.4. The summed E-state index contributed by atoms with van der Waals surface area (Å²) in [7, 11) is 5.48. The quantitative estimate of drug-likeness (QED) is 0.0580. The molecule has 6 atom stereocenters. The fraction of sp³-hybridized carbons (Fsp3) is 0.574. The van der Waals surface area contributed by atoms with Crippen LogP contribution in [-0.4, -0.2) is 94.1 Å². The summed E-state index contributed by atoms with van der Waals surface area (Å²) in [6, 6.07) is 7.79. The van der Waals surface area contributed by atoms with Gasteiger partial charge in [0.25, 0.3) is 0 Å². The maximum atomic E-state index is 14.2. The highest BCUT2D eigenvalue weighted by atomic mass is 33.1. The van der Waals surface area contributed by atoms with Crippen molar-refractivity contribution >= 4 is 50.3 Å². The van der Waals surface area contributed by atoms with Gasteiger partial charge in [0, 0.05) is 96.8 Å². The number of benzene rings is 1. The molecule has 5 N–H and O–H groups in total. The van der Waals surface area contributed by atoms with Crippen molar-refractivity contribution in [2.24, 2.45) is 11.8 Å². The third-order valence-corrected chi connectivity index (χ3v) is 17.0. The molecule has 1 amide bonds. The summed E-state index contributed by atoms with van der Waals surface area (Å²) >= 11 is 0. The molecule has 3 aliphatic heterocycles. The number of anilines is 1. The number of nitrogen functional groups attached to an aromatic ring is 1. The maximum Gasteiger partial charge on any atom is 0.340 e. The number of fused-ring (bicyclic) bond motifs is 7. The Morgan fingerprint density at radius 2 is 1.95 bits per heavy atom. The van der Waals surface area contributed by atoms with E-state index < -0.39 is 34.1 Å². The van der Waals surface area contributed by atoms with Gasteiger partial charge in [-0.25, -0.2) is 14.6 Å². The van der Waals surface area contributed by atoms with Crippen LogP contribution in [-0.2, 0) is 32.6 Å². The van der Waals surface area contributed by atoms with E-state index in [9.17, 15) is 24.6 Å². The Bertz CT molecular complexity index is 2290. The highest BCUT2D eigenvalue weighted by Gasteiger charge is 2.64. The molecular formula is C47H60N4O8S2. The number of esters is 1. The van der Waals surface area contributed by atoms with Crippen molar-refractivity contribution in [3.05, 3.63) is 86.4 Å². The van der Waals surface area contributed by atoms with Gasteiger partial charge in [-0.05, 0) is 94.3 Å². The molecule has 2 fully saturated rings. The van der Waals surface area contributed by atoms with E-state index in [1.165, 1.54) is 0 Å². The van der Waals surface area contributed by atoms with Gasteiger partial charge in [0.2, 0.25) is 5.91 Å². The van der Waals surface area contributed by atoms with E-state index in [0.717, 1.165) is 72.1 Å². The summed E-state index contributed by atoms with van der Waals surface area (Å²) in [6.45, 7) is 6.97. The molecule has 0 unspecified atom stereocenters. The zero-order chi connectivity index (χ0) is 43.1. The second-order valence-electron chi connectivity index (χ2n) is 18.0. The van der Waals surface area contributed by atoms with Crippen LogP contribution in [0.4, 0.5) is 5.82 Å². The van der Waals surface area contributed by atoms with Gasteiger partial charge in [0.05, 0.1) is 12.3 Å². The van der Waals surface area contributed by atoms with E-state index in [2.05, 4.69) is 16.4 Å². The Morgan fingerprint density at radius 3 is 2.69 bits per heavy atom. The zero-order valence-electron chi connectivity index (χ0n) is 35.8. The second kappa shape index (κ2) is 17.7. The van der Waals surface area contributed by atoms with Gasteiger partial charge >= 0.3 is 11.6 Å². The van der Waals surface area contributed by atoms with Crippen molar-refractivity contribution in [3.63, 3.8) is 0 Å². The van der Waals surface area contributed by atoms with Crippen molar-refractivity contribution in [2.45, 2.75) is 114 Å². The number of nitrogens with two attached hydrogens (primary N) is 1. The number of aromatic nitrogens is 1. The number of carbonyl (C=O) groups is 2. The Kier molecular flexibility index (Phi) is 12.7. The summed E-state index contributed by atoms with van der Waals surface area (Å²) in [4.78, 5) is 48.7. The first kappa shape index (κ1) is 43.8. The molecule has 5 heterocycles. The molecule has 0 radical (unpaired) electrons. The van der Waals surface area contributed by atoms with Crippen LogP contribution >= 0.6 is 21.6 Å². The van der Waals surface area contributed by atoms with E-state index in [1.807, 2.05) is 44.0 Å². The first-order chi connectivity index (χ1) is 29.4. The van der Waals surface area contributed by atoms with Crippen LogP contribution in [0.15, 0.2) is 63.0 Å². The molecule has 61 heavy (non-hydrogen) atoms. The normalized spacial score (nSPS) is 27.9. The molecule has 1 saturated heterocycles. The smallest absolute Gasteiger partial charge is 0.340 e. The fourth-order valence-electron chi connectivity index (χ4n) is 11.1. The average Bonchev–Trinajstić information content (AvgIpc) is 3.62. The van der Waals surface area contributed by atoms with E-state index in [1.54, 1.807) is 46.9 Å². The molecule has 2 aliphatic carbocycles. The lowest BCUT2D eigenvalue weighted by Gasteiger charge is -2.52. The number of hydrogen-bond acceptors (Lipinski definition) is 13. The van der Waals surface area contributed by atoms with Crippen LogP contribution in [0.2, 0.25) is 0 Å². The van der Waals surface area contributed by atoms with Crippen LogP contribution in [0.25, 0.3) is 11.0 Å². The highest BCUT2D eigenvalue weighted by Crippen LogP contribution is 2.59. The van der Waals surface area contributed by atoms with Gasteiger partial charge in [0.15, 0.2) is 11.2 Å². The largest absolute Gasteiger partial charge is 0.481 e. The lowest BCUT2D eigenvalue weighted by Crippen LogP contribution is -2.64. The molecule has 5 aliphatic rings. The third-order valence-electron chi connectivity index (χ3n) is 14.6. The molecule has 1 aromatic carbocycles. The Balaban J connectivity index is 1.27. The van der Waals surface area contributed by atoms with Gasteiger partial charge in [-0.1, -0.05) is 58.6 Å². The summed E-state index contributed by atoms with van der Waals surface area (Å²) in [5.41, 5.74) is 8.08. The van der Waals surface area contributed by atoms with Crippen molar-refractivity contribution in [3.8, 4) is 5.75 Å². The molecule has 0 bridgehead atoms. The van der Waals surface area contributed by atoms with Gasteiger partial charge in [-0.3, -0.25) is 4.79 Å². The number of aliphatic hydroxyl groups is 2. The van der Waals surface area contributed by atoms with E-state index >= 15 is 0 Å². The van der Waals surface area contributed by atoms with Gasteiger partial charge in [-0.15, -0.1) is 0 Å². The van der Waals surface area contributed by atoms with Gasteiger partial charge in [-0.2, -0.15) is 0 Å². The average molecular weight is 873 g/mol. The Morgan fingerprint density at radius 1 is 1.15 bits per heavy atom. The maximum absolute atomic E-state index is 14.2. The minimum absolute atomic E-state index is 0.0188. The highest BCUT2D eigenvalue weighted by molar-refractivity contribution is 8.76. The topological polar surface area (TPSA) is 177 Å². The first-order valence-electron chi connectivity index (χ1n) is 21.9. The van der Waals surface area contributed by atoms with Crippen LogP contribution in [0.1, 0.15) is 100 Å². The number of ether oxygens (including phenoxy) is 2. The van der Waals surface area contributed by atoms with Crippen molar-refractivity contribution in [2.75, 3.05) is 50.6 Å². The number of amides is 1. The summed E-state index contributed by atoms with van der Waals surface area (Å²) < 4.78 is 20.2. The number of hydrogen-bond donors (Lipinski definition) is 4. The summed E-state index contributed by atoms with van der Waals surface area (Å²) in [5, 5.41) is 24.5.